The van der Waals surface area contributed by atoms with Crippen LogP contribution in [0.1, 0.15) is 60.1 Å². The largest absolute Gasteiger partial charge is 0.338 e. The van der Waals surface area contributed by atoms with Gasteiger partial charge in [0.25, 0.3) is 5.91 Å². The lowest BCUT2D eigenvalue weighted by Gasteiger charge is -2.35. The smallest absolute Gasteiger partial charge is 0.263 e. The molecule has 1 amide bonds. The van der Waals surface area contributed by atoms with Gasteiger partial charge in [0.15, 0.2) is 0 Å². The Labute approximate surface area is 151 Å². The van der Waals surface area contributed by atoms with Crippen LogP contribution in [-0.4, -0.2) is 48.9 Å². The Morgan fingerprint density at radius 1 is 1.21 bits per heavy atom. The highest BCUT2D eigenvalue weighted by Gasteiger charge is 2.31. The topological polar surface area (TPSA) is 23.6 Å². The van der Waals surface area contributed by atoms with E-state index in [1.54, 1.807) is 11.3 Å². The van der Waals surface area contributed by atoms with Crippen LogP contribution in [0.25, 0.3) is 0 Å². The lowest BCUT2D eigenvalue weighted by molar-refractivity contribution is 0.0668. The fourth-order valence-corrected chi connectivity index (χ4v) is 5.29. The molecular weight excluding hydrogens is 316 g/mol. The molecule has 1 aliphatic carbocycles. The molecular formula is C20H32N2OS. The van der Waals surface area contributed by atoms with Gasteiger partial charge in [-0.1, -0.05) is 20.8 Å². The van der Waals surface area contributed by atoms with Gasteiger partial charge in [-0.15, -0.1) is 11.3 Å². The van der Waals surface area contributed by atoms with Gasteiger partial charge in [-0.05, 0) is 69.2 Å². The molecule has 0 N–H and O–H groups in total. The molecule has 1 atom stereocenters. The lowest BCUT2D eigenvalue weighted by atomic mass is 9.72. The van der Waals surface area contributed by atoms with Crippen molar-refractivity contribution in [2.45, 2.75) is 58.9 Å². The van der Waals surface area contributed by atoms with Crippen LogP contribution in [0.15, 0.2) is 6.07 Å². The minimum atomic E-state index is 0.263. The second-order valence-electron chi connectivity index (χ2n) is 8.85. The lowest BCUT2D eigenvalue weighted by Crippen LogP contribution is -2.44. The first-order chi connectivity index (χ1) is 11.3. The van der Waals surface area contributed by atoms with Crippen LogP contribution in [-0.2, 0) is 12.8 Å². The summed E-state index contributed by atoms with van der Waals surface area (Å²) in [6.45, 7) is 8.83. The summed E-state index contributed by atoms with van der Waals surface area (Å²) in [6, 6.07) is 2.83. The maximum Gasteiger partial charge on any atom is 0.263 e. The molecule has 0 radical (unpaired) electrons. The molecule has 1 saturated heterocycles. The van der Waals surface area contributed by atoms with Crippen LogP contribution in [0.3, 0.4) is 0 Å². The average molecular weight is 349 g/mol. The van der Waals surface area contributed by atoms with E-state index in [1.807, 2.05) is 0 Å². The van der Waals surface area contributed by atoms with E-state index in [4.69, 9.17) is 0 Å². The molecule has 1 aliphatic heterocycles. The summed E-state index contributed by atoms with van der Waals surface area (Å²) in [6.07, 6.45) is 5.74. The van der Waals surface area contributed by atoms with Gasteiger partial charge in [0.1, 0.15) is 0 Å². The Bertz CT molecular complexity index is 591. The number of fused-ring (bicyclic) bond motifs is 1. The van der Waals surface area contributed by atoms with Gasteiger partial charge < -0.3 is 9.80 Å². The number of aryl methyl sites for hydroxylation is 1. The zero-order valence-electron chi connectivity index (χ0n) is 15.9. The van der Waals surface area contributed by atoms with E-state index < -0.39 is 0 Å². The van der Waals surface area contributed by atoms with Crippen molar-refractivity contribution < 1.29 is 4.79 Å². The van der Waals surface area contributed by atoms with Gasteiger partial charge in [-0.2, -0.15) is 0 Å². The van der Waals surface area contributed by atoms with Gasteiger partial charge in [0.05, 0.1) is 4.88 Å². The van der Waals surface area contributed by atoms with E-state index in [1.165, 1.54) is 16.9 Å². The predicted octanol–water partition coefficient (Wildman–Crippen LogP) is 4.07. The number of amides is 1. The fourth-order valence-electron chi connectivity index (χ4n) is 4.11. The second-order valence-corrected chi connectivity index (χ2v) is 9.99. The van der Waals surface area contributed by atoms with Crippen molar-refractivity contribution in [2.24, 2.45) is 11.3 Å². The number of rotatable bonds is 2. The van der Waals surface area contributed by atoms with Gasteiger partial charge in [0, 0.05) is 24.0 Å². The number of hydrogen-bond acceptors (Lipinski definition) is 3. The standard InChI is InChI=1S/C20H32N2OS/c1-20(2,3)15-6-7-17-14(12-15)13-18(24-17)19(23)22-10-8-16(9-11-22)21(4)5/h13,15-16H,6-12H2,1-5H3. The van der Waals surface area contributed by atoms with Gasteiger partial charge >= 0.3 is 0 Å². The third-order valence-electron chi connectivity index (χ3n) is 6.00. The number of carbonyl (C=O) groups excluding carboxylic acids is 1. The maximum absolute atomic E-state index is 12.9. The Kier molecular flexibility index (Phi) is 5.08. The van der Waals surface area contributed by atoms with Crippen molar-refractivity contribution in [2.75, 3.05) is 27.2 Å². The molecule has 3 nitrogen and oxygen atoms in total. The molecule has 24 heavy (non-hydrogen) atoms. The number of thiophene rings is 1. The Hall–Kier alpha value is -0.870. The first-order valence-electron chi connectivity index (χ1n) is 9.33. The third kappa shape index (κ3) is 3.70. The van der Waals surface area contributed by atoms with E-state index in [0.29, 0.717) is 11.5 Å². The van der Waals surface area contributed by atoms with Crippen molar-refractivity contribution >= 4 is 17.2 Å². The van der Waals surface area contributed by atoms with Crippen molar-refractivity contribution in [3.05, 3.63) is 21.4 Å². The summed E-state index contributed by atoms with van der Waals surface area (Å²) in [5.74, 6) is 0.998. The van der Waals surface area contributed by atoms with Gasteiger partial charge in [0.2, 0.25) is 0 Å². The summed E-state index contributed by atoms with van der Waals surface area (Å²) in [4.78, 5) is 19.7. The number of piperidine rings is 1. The van der Waals surface area contributed by atoms with Crippen LogP contribution in [0.4, 0.5) is 0 Å². The summed E-state index contributed by atoms with van der Waals surface area (Å²) < 4.78 is 0. The van der Waals surface area contributed by atoms with Crippen LogP contribution in [0.2, 0.25) is 0 Å². The maximum atomic E-state index is 12.9. The third-order valence-corrected chi connectivity index (χ3v) is 7.23. The van der Waals surface area contributed by atoms with Crippen LogP contribution >= 0.6 is 11.3 Å². The molecule has 3 rings (SSSR count). The van der Waals surface area contributed by atoms with Crippen molar-refractivity contribution in [1.29, 1.82) is 0 Å². The number of likely N-dealkylation sites (tertiary alicyclic amines) is 1. The number of carbonyl (C=O) groups is 1. The van der Waals surface area contributed by atoms with Crippen LogP contribution in [0, 0.1) is 11.3 Å². The van der Waals surface area contributed by atoms with E-state index in [0.717, 1.165) is 49.6 Å². The molecule has 2 heterocycles. The Morgan fingerprint density at radius 2 is 1.88 bits per heavy atom. The summed E-state index contributed by atoms with van der Waals surface area (Å²) in [5, 5.41) is 0. The monoisotopic (exact) mass is 348 g/mol. The average Bonchev–Trinajstić information content (AvgIpc) is 2.96. The highest BCUT2D eigenvalue weighted by Crippen LogP contribution is 2.40. The zero-order valence-corrected chi connectivity index (χ0v) is 16.7. The first kappa shape index (κ1) is 17.9. The highest BCUT2D eigenvalue weighted by atomic mass is 32.1. The second kappa shape index (κ2) is 6.80. The molecule has 1 aromatic heterocycles. The van der Waals surface area contributed by atoms with Crippen molar-refractivity contribution in [3.8, 4) is 0 Å². The van der Waals surface area contributed by atoms with Crippen LogP contribution in [0.5, 0.6) is 0 Å². The molecule has 134 valence electrons. The summed E-state index contributed by atoms with van der Waals surface area (Å²) in [5.41, 5.74) is 1.80. The molecule has 1 fully saturated rings. The van der Waals surface area contributed by atoms with Gasteiger partial charge in [-0.25, -0.2) is 0 Å². The van der Waals surface area contributed by atoms with E-state index in [-0.39, 0.29) is 5.91 Å². The molecule has 1 aromatic rings. The molecule has 0 bridgehead atoms. The minimum absolute atomic E-state index is 0.263. The zero-order chi connectivity index (χ0) is 17.5. The van der Waals surface area contributed by atoms with E-state index in [2.05, 4.69) is 50.7 Å². The van der Waals surface area contributed by atoms with Crippen molar-refractivity contribution in [3.63, 3.8) is 0 Å². The van der Waals surface area contributed by atoms with Crippen molar-refractivity contribution in [1.82, 2.24) is 9.80 Å². The quantitative estimate of drug-likeness (QED) is 0.804. The minimum Gasteiger partial charge on any atom is -0.338 e. The summed E-state index contributed by atoms with van der Waals surface area (Å²) >= 11 is 1.76. The molecule has 0 saturated carbocycles. The Morgan fingerprint density at radius 3 is 2.46 bits per heavy atom. The molecule has 0 spiro atoms. The molecule has 2 aliphatic rings. The van der Waals surface area contributed by atoms with E-state index >= 15 is 0 Å². The fraction of sp³-hybridized carbons (Fsp3) is 0.750. The highest BCUT2D eigenvalue weighted by molar-refractivity contribution is 7.14. The SMILES string of the molecule is CN(C)C1CCN(C(=O)c2cc3c(s2)CCC(C(C)(C)C)C3)CC1. The van der Waals surface area contributed by atoms with E-state index in [9.17, 15) is 4.79 Å². The van der Waals surface area contributed by atoms with Gasteiger partial charge in [-0.3, -0.25) is 4.79 Å². The molecule has 4 heteroatoms. The predicted molar refractivity (Wildman–Crippen MR) is 102 cm³/mol. The molecule has 0 aromatic carbocycles. The Balaban J connectivity index is 1.67. The molecule has 1 unspecified atom stereocenters. The number of hydrogen-bond donors (Lipinski definition) is 0. The van der Waals surface area contributed by atoms with Crippen LogP contribution < -0.4 is 0 Å². The number of nitrogens with zero attached hydrogens (tertiary/aromatic N) is 2. The first-order valence-corrected chi connectivity index (χ1v) is 10.1. The normalized spacial score (nSPS) is 22.8. The summed E-state index contributed by atoms with van der Waals surface area (Å²) in [7, 11) is 4.28.